The summed E-state index contributed by atoms with van der Waals surface area (Å²) in [6.45, 7) is 3.36. The number of carbonyl (C=O) groups is 4. The fraction of sp³-hybridized carbons (Fsp3) is 0.467. The first kappa shape index (κ1) is 25.0. The van der Waals surface area contributed by atoms with Gasteiger partial charge in [-0.3, -0.25) is 9.59 Å². The second-order valence-corrected chi connectivity index (χ2v) is 9.08. The van der Waals surface area contributed by atoms with E-state index in [0.717, 1.165) is 11.3 Å². The normalized spacial score (nSPS) is 25.9. The number of carbonyl (C=O) groups excluding carboxylic acids is 4. The Kier molecular flexibility index (Phi) is 8.48. The molecule has 3 rings (SSSR count). The van der Waals surface area contributed by atoms with Crippen LogP contribution in [-0.4, -0.2) is 50.9 Å². The van der Waals surface area contributed by atoms with Crippen LogP contribution in [-0.2, 0) is 19.2 Å². The molecule has 0 aliphatic carbocycles. The minimum absolute atomic E-state index is 0. The number of amides is 2. The molecular weight excluding hydrogens is 414 g/mol. The van der Waals surface area contributed by atoms with Crippen molar-refractivity contribution in [1.29, 1.82) is 0 Å². The Morgan fingerprint density at radius 2 is 1.89 bits per heavy atom. The number of rotatable bonds is 5. The summed E-state index contributed by atoms with van der Waals surface area (Å²) in [5, 5.41) is 26.2. The quantitative estimate of drug-likeness (QED) is 0.280. The molecule has 3 heterocycles. The maximum absolute atomic E-state index is 12.4. The van der Waals surface area contributed by atoms with Gasteiger partial charge in [-0.1, -0.05) is 6.07 Å². The number of thiophene rings is 1. The summed E-state index contributed by atoms with van der Waals surface area (Å²) in [5.41, 5.74) is 0. The second kappa shape index (κ2) is 9.17. The third kappa shape index (κ3) is 4.42. The van der Waals surface area contributed by atoms with Crippen molar-refractivity contribution in [2.45, 2.75) is 42.0 Å². The van der Waals surface area contributed by atoms with Crippen LogP contribution in [0.1, 0.15) is 24.6 Å². The van der Waals surface area contributed by atoms with E-state index in [1.165, 1.54) is 22.7 Å². The second-order valence-electron chi connectivity index (χ2n) is 6.33. The van der Waals surface area contributed by atoms with E-state index in [-0.39, 0.29) is 59.1 Å². The summed E-state index contributed by atoms with van der Waals surface area (Å²) in [7, 11) is 0. The van der Waals surface area contributed by atoms with Gasteiger partial charge in [-0.05, 0) is 25.3 Å². The molecule has 8 nitrogen and oxygen atoms in total. The fourth-order valence-electron chi connectivity index (χ4n) is 3.17. The average Bonchev–Trinajstić information content (AvgIpc) is 3.09. The van der Waals surface area contributed by atoms with E-state index >= 15 is 0 Å². The van der Waals surface area contributed by atoms with Gasteiger partial charge in [-0.15, -0.1) is 23.1 Å². The number of carboxylic acid groups (broad SMARTS) is 2. The van der Waals surface area contributed by atoms with Crippen LogP contribution in [0.3, 0.4) is 0 Å². The number of fused-ring (bicyclic) bond motifs is 1. The molecule has 2 amide bonds. The van der Waals surface area contributed by atoms with Crippen molar-refractivity contribution in [3.63, 3.8) is 0 Å². The molecule has 0 saturated carbocycles. The molecule has 27 heavy (non-hydrogen) atoms. The van der Waals surface area contributed by atoms with E-state index in [0.29, 0.717) is 4.88 Å². The minimum Gasteiger partial charge on any atom is -0.549 e. The smallest absolute Gasteiger partial charge is 0.549 e. The third-order valence-electron chi connectivity index (χ3n) is 4.29. The van der Waals surface area contributed by atoms with Gasteiger partial charge in [0.2, 0.25) is 11.8 Å². The largest absolute Gasteiger partial charge is 1.00 e. The van der Waals surface area contributed by atoms with E-state index < -0.39 is 51.9 Å². The third-order valence-corrected chi connectivity index (χ3v) is 6.80. The molecule has 12 heteroatoms. The van der Waals surface area contributed by atoms with Crippen LogP contribution in [0.15, 0.2) is 17.5 Å². The van der Waals surface area contributed by atoms with Gasteiger partial charge >= 0.3 is 59.1 Å². The van der Waals surface area contributed by atoms with Crippen LogP contribution in [0, 0.1) is 0 Å². The van der Waals surface area contributed by atoms with Gasteiger partial charge in [0, 0.05) is 9.62 Å². The van der Waals surface area contributed by atoms with Crippen LogP contribution >= 0.6 is 23.1 Å². The van der Waals surface area contributed by atoms with E-state index in [1.54, 1.807) is 25.3 Å². The standard InChI is InChI=1S/C15H16N2O6S2.2Na/c1-15(2)9(14(22)23)17-11(19)8(12(17)25-15)16-10(18)7(13(20)21)6-4-3-5-24-6;;/h3-5,7-9,12H,1-2H3,(H,16,18)(H,20,21)(H,22,23);;/q;2*+1/p-2/t7-,8-,9+,12-;;/m1../s1. The predicted octanol–water partition coefficient (Wildman–Crippen LogP) is -8.11. The van der Waals surface area contributed by atoms with Gasteiger partial charge in [-0.2, -0.15) is 0 Å². The summed E-state index contributed by atoms with van der Waals surface area (Å²) < 4.78 is -0.778. The van der Waals surface area contributed by atoms with Crippen molar-refractivity contribution in [1.82, 2.24) is 10.2 Å². The average molecular weight is 428 g/mol. The molecule has 0 unspecified atom stereocenters. The van der Waals surface area contributed by atoms with E-state index in [1.807, 2.05) is 0 Å². The first-order chi connectivity index (χ1) is 11.6. The van der Waals surface area contributed by atoms with Crippen molar-refractivity contribution in [3.05, 3.63) is 22.4 Å². The summed E-state index contributed by atoms with van der Waals surface area (Å²) in [4.78, 5) is 48.8. The first-order valence-electron chi connectivity index (χ1n) is 7.40. The Bertz CT molecular complexity index is 757. The predicted molar refractivity (Wildman–Crippen MR) is 85.1 cm³/mol. The molecule has 134 valence electrons. The molecule has 1 aromatic heterocycles. The van der Waals surface area contributed by atoms with Crippen molar-refractivity contribution in [3.8, 4) is 0 Å². The maximum Gasteiger partial charge on any atom is 1.00 e. The van der Waals surface area contributed by atoms with Gasteiger partial charge in [-0.25, -0.2) is 0 Å². The van der Waals surface area contributed by atoms with Crippen molar-refractivity contribution < 1.29 is 88.5 Å². The molecule has 0 bridgehead atoms. The van der Waals surface area contributed by atoms with Gasteiger partial charge in [0.15, 0.2) is 0 Å². The summed E-state index contributed by atoms with van der Waals surface area (Å²) in [6.07, 6.45) is 0. The number of thioether (sulfide) groups is 1. The zero-order valence-corrected chi connectivity index (χ0v) is 20.9. The van der Waals surface area contributed by atoms with Crippen molar-refractivity contribution in [2.75, 3.05) is 0 Å². The number of nitrogens with one attached hydrogen (secondary N) is 1. The molecule has 0 radical (unpaired) electrons. The van der Waals surface area contributed by atoms with E-state index in [2.05, 4.69) is 5.32 Å². The van der Waals surface area contributed by atoms with Crippen molar-refractivity contribution in [2.24, 2.45) is 0 Å². The number of hydrogen-bond acceptors (Lipinski definition) is 8. The molecule has 2 aliphatic rings. The molecule has 0 aromatic carbocycles. The van der Waals surface area contributed by atoms with Gasteiger partial charge in [0.25, 0.3) is 0 Å². The molecule has 2 saturated heterocycles. The number of nitrogens with zero attached hydrogens (tertiary/aromatic N) is 1. The Labute approximate surface area is 208 Å². The Balaban J connectivity index is 0.00000182. The van der Waals surface area contributed by atoms with Gasteiger partial charge in [0.1, 0.15) is 17.3 Å². The number of hydrogen-bond donors (Lipinski definition) is 1. The van der Waals surface area contributed by atoms with E-state index in [9.17, 15) is 29.4 Å². The van der Waals surface area contributed by atoms with E-state index in [4.69, 9.17) is 0 Å². The first-order valence-corrected chi connectivity index (χ1v) is 9.16. The van der Waals surface area contributed by atoms with Crippen LogP contribution in [0.5, 0.6) is 0 Å². The summed E-state index contributed by atoms with van der Waals surface area (Å²) >= 11 is 2.33. The molecule has 1 aromatic rings. The topological polar surface area (TPSA) is 130 Å². The maximum atomic E-state index is 12.4. The Hall–Kier alpha value is -0.0700. The zero-order chi connectivity index (χ0) is 18.5. The number of β-lactam (4-membered cyclic amide) rings is 1. The molecule has 1 N–H and O–H groups in total. The summed E-state index contributed by atoms with van der Waals surface area (Å²) in [6, 6.07) is 1.04. The van der Waals surface area contributed by atoms with Crippen molar-refractivity contribution >= 4 is 46.9 Å². The van der Waals surface area contributed by atoms with Crippen LogP contribution in [0.25, 0.3) is 0 Å². The monoisotopic (exact) mass is 428 g/mol. The minimum atomic E-state index is -1.56. The fourth-order valence-corrected chi connectivity index (χ4v) is 5.60. The molecule has 2 aliphatic heterocycles. The molecule has 4 atom stereocenters. The van der Waals surface area contributed by atoms with Gasteiger partial charge in [0.05, 0.1) is 18.0 Å². The summed E-state index contributed by atoms with van der Waals surface area (Å²) in [5.74, 6) is -5.84. The van der Waals surface area contributed by atoms with Gasteiger partial charge < -0.3 is 30.0 Å². The Morgan fingerprint density at radius 3 is 2.37 bits per heavy atom. The number of aliphatic carboxylic acids is 2. The number of carboxylic acids is 2. The van der Waals surface area contributed by atoms with Crippen LogP contribution in [0.4, 0.5) is 0 Å². The Morgan fingerprint density at radius 1 is 1.26 bits per heavy atom. The molecule has 2 fully saturated rings. The SMILES string of the molecule is CC1(C)S[C@@H]2[C@H](NC(=O)[C@H](C(=O)[O-])c3cccs3)C(=O)N2[C@H]1C(=O)[O-].[Na+].[Na+]. The van der Waals surface area contributed by atoms with Crippen LogP contribution in [0.2, 0.25) is 0 Å². The molecular formula is C15H14N2Na2O6S2. The molecule has 0 spiro atoms. The van der Waals surface area contributed by atoms with Crippen LogP contribution < -0.4 is 74.6 Å². The zero-order valence-electron chi connectivity index (χ0n) is 15.3.